The minimum absolute atomic E-state index is 0.111. The second kappa shape index (κ2) is 14.8. The molecule has 10 rings (SSSR count). The van der Waals surface area contributed by atoms with E-state index < -0.39 is 7.40 Å². The number of pyridine rings is 2. The number of anilines is 6. The van der Waals surface area contributed by atoms with Gasteiger partial charge in [0, 0.05) is 45.0 Å². The van der Waals surface area contributed by atoms with Gasteiger partial charge >= 0.3 is 7.40 Å². The normalized spacial score (nSPS) is 11.7. The Morgan fingerprint density at radius 1 is 0.397 bits per heavy atom. The number of para-hydroxylation sites is 2. The summed E-state index contributed by atoms with van der Waals surface area (Å²) < 4.78 is 31.0. The van der Waals surface area contributed by atoms with E-state index in [1.165, 1.54) is 5.39 Å². The molecule has 0 fully saturated rings. The highest BCUT2D eigenvalue weighted by Crippen LogP contribution is 2.39. The molecule has 2 aromatic heterocycles. The molecule has 8 aromatic carbocycles. The molecule has 0 aliphatic heterocycles. The minimum atomic E-state index is -2.83. The van der Waals surface area contributed by atoms with Crippen LogP contribution in [0.4, 0.5) is 48.6 Å². The van der Waals surface area contributed by atoms with Gasteiger partial charge in [-0.25, -0.2) is 9.98 Å². The number of fused-ring (bicyclic) bond motifs is 4. The van der Waals surface area contributed by atoms with E-state index in [0.29, 0.717) is 22.2 Å². The largest absolute Gasteiger partial charge is 0.679 e. The van der Waals surface area contributed by atoms with E-state index in [-0.39, 0.29) is 5.49 Å². The molecule has 0 bridgehead atoms. The Balaban J connectivity index is 1.02. The Labute approximate surface area is 334 Å². The van der Waals surface area contributed by atoms with Crippen LogP contribution in [-0.2, 0) is 0 Å². The first-order chi connectivity index (χ1) is 28.6. The second-order valence-corrected chi connectivity index (χ2v) is 14.1. The Morgan fingerprint density at radius 2 is 0.845 bits per heavy atom. The van der Waals surface area contributed by atoms with Crippen LogP contribution in [0.5, 0.6) is 0 Å². The minimum Gasteiger partial charge on any atom is -0.310 e. The van der Waals surface area contributed by atoms with Crippen molar-refractivity contribution < 1.29 is 8.63 Å². The van der Waals surface area contributed by atoms with E-state index in [9.17, 15) is 0 Å². The summed E-state index contributed by atoms with van der Waals surface area (Å²) in [6.45, 7) is 0. The molecular weight excluding hydrogens is 719 g/mol. The van der Waals surface area contributed by atoms with Gasteiger partial charge in [-0.2, -0.15) is 0 Å². The number of rotatable bonds is 8. The molecule has 0 aliphatic carbocycles. The third-order valence-corrected chi connectivity index (χ3v) is 10.5. The number of hydrogen-bond donors (Lipinski definition) is 0. The first-order valence-corrected chi connectivity index (χ1v) is 19.1. The molecular formula is C50H34BF2N5. The summed E-state index contributed by atoms with van der Waals surface area (Å²) in [6.07, 6.45) is 0. The Bertz CT molecular complexity index is 3190. The number of aromatic nitrogens is 2. The Kier molecular flexibility index (Phi) is 8.91. The summed E-state index contributed by atoms with van der Waals surface area (Å²) in [7, 11) is -2.83. The molecule has 0 saturated carbocycles. The van der Waals surface area contributed by atoms with Crippen molar-refractivity contribution in [1.29, 1.82) is 0 Å². The molecule has 276 valence electrons. The predicted molar refractivity (Wildman–Crippen MR) is 237 cm³/mol. The van der Waals surface area contributed by atoms with Gasteiger partial charge in [-0.1, -0.05) is 97.1 Å². The Morgan fingerprint density at radius 3 is 1.41 bits per heavy atom. The fourth-order valence-electron chi connectivity index (χ4n) is 7.80. The maximum absolute atomic E-state index is 15.0. The molecule has 0 radical (unpaired) electrons. The smallest absolute Gasteiger partial charge is 0.310 e. The SMILES string of the molecule is FB(F)n1c(=Nc2ccc3cc(N(c4ccccc4)c4ccc5ccccc5c4)ccc3n2)ccc2cc(N(c3ccccc3)c3ccc4ccccc4c3)ccc21. The number of nitrogens with zero attached hydrogens (tertiary/aromatic N) is 5. The van der Waals surface area contributed by atoms with Gasteiger partial charge in [0.2, 0.25) is 0 Å². The summed E-state index contributed by atoms with van der Waals surface area (Å²) in [6, 6.07) is 68.5. The lowest BCUT2D eigenvalue weighted by atomic mass is 10.1. The maximum Gasteiger partial charge on any atom is 0.679 e. The van der Waals surface area contributed by atoms with Gasteiger partial charge in [-0.15, -0.1) is 0 Å². The van der Waals surface area contributed by atoms with Crippen LogP contribution >= 0.6 is 0 Å². The summed E-state index contributed by atoms with van der Waals surface area (Å²) >= 11 is 0. The van der Waals surface area contributed by atoms with Crippen LogP contribution in [0.2, 0.25) is 0 Å². The zero-order valence-corrected chi connectivity index (χ0v) is 31.2. The highest BCUT2D eigenvalue weighted by Gasteiger charge is 2.22. The fraction of sp³-hybridized carbons (Fsp3) is 0. The van der Waals surface area contributed by atoms with Crippen LogP contribution in [0.1, 0.15) is 0 Å². The van der Waals surface area contributed by atoms with Crippen molar-refractivity contribution in [3.63, 3.8) is 0 Å². The van der Waals surface area contributed by atoms with Crippen molar-refractivity contribution in [2.45, 2.75) is 0 Å². The summed E-state index contributed by atoms with van der Waals surface area (Å²) in [5, 5.41) is 6.15. The molecule has 0 saturated heterocycles. The highest BCUT2D eigenvalue weighted by atomic mass is 19.2. The third kappa shape index (κ3) is 6.60. The lowest BCUT2D eigenvalue weighted by Crippen LogP contribution is -2.29. The first-order valence-electron chi connectivity index (χ1n) is 19.1. The van der Waals surface area contributed by atoms with Crippen molar-refractivity contribution in [2.75, 3.05) is 9.80 Å². The van der Waals surface area contributed by atoms with Crippen molar-refractivity contribution >= 4 is 90.7 Å². The monoisotopic (exact) mass is 753 g/mol. The summed E-state index contributed by atoms with van der Waals surface area (Å²) in [5.74, 6) is 0.339. The van der Waals surface area contributed by atoms with Crippen LogP contribution in [0, 0.1) is 0 Å². The molecule has 58 heavy (non-hydrogen) atoms. The van der Waals surface area contributed by atoms with Crippen molar-refractivity contribution in [3.8, 4) is 0 Å². The average molecular weight is 754 g/mol. The molecule has 5 nitrogen and oxygen atoms in total. The second-order valence-electron chi connectivity index (χ2n) is 14.1. The Hall–Kier alpha value is -7.58. The number of hydrogen-bond acceptors (Lipinski definition) is 4. The molecule has 0 atom stereocenters. The molecule has 10 aromatic rings. The quantitative estimate of drug-likeness (QED) is 0.145. The van der Waals surface area contributed by atoms with E-state index in [0.717, 1.165) is 60.1 Å². The van der Waals surface area contributed by atoms with E-state index >= 15 is 8.63 Å². The van der Waals surface area contributed by atoms with Crippen LogP contribution < -0.4 is 15.3 Å². The van der Waals surface area contributed by atoms with Crippen LogP contribution in [0.25, 0.3) is 43.4 Å². The predicted octanol–water partition coefficient (Wildman–Crippen LogP) is 13.4. The van der Waals surface area contributed by atoms with Crippen molar-refractivity contribution in [3.05, 3.63) is 212 Å². The summed E-state index contributed by atoms with van der Waals surface area (Å²) in [4.78, 5) is 13.9. The molecule has 0 spiro atoms. The van der Waals surface area contributed by atoms with Crippen LogP contribution in [0.3, 0.4) is 0 Å². The third-order valence-electron chi connectivity index (χ3n) is 10.5. The highest BCUT2D eigenvalue weighted by molar-refractivity contribution is 6.42. The van der Waals surface area contributed by atoms with Crippen LogP contribution in [0.15, 0.2) is 211 Å². The van der Waals surface area contributed by atoms with Gasteiger partial charge in [0.05, 0.1) is 5.52 Å². The first kappa shape index (κ1) is 34.9. The van der Waals surface area contributed by atoms with Gasteiger partial charge in [-0.3, -0.25) is 8.63 Å². The topological polar surface area (TPSA) is 36.7 Å². The summed E-state index contributed by atoms with van der Waals surface area (Å²) in [5.41, 5.74) is 6.99. The molecule has 0 N–H and O–H groups in total. The van der Waals surface area contributed by atoms with Gasteiger partial charge in [0.25, 0.3) is 0 Å². The van der Waals surface area contributed by atoms with Gasteiger partial charge in [-0.05, 0) is 136 Å². The van der Waals surface area contributed by atoms with Gasteiger partial charge in [0.15, 0.2) is 5.82 Å². The standard InChI is InChI=1S/C50H34BF2N5/c52-51(53)58-48-28-26-46(57(42-17-5-2-6-18-42)44-24-20-36-12-8-10-14-38(36)32-44)34-40(48)22-30-50(58)55-49-29-21-39-33-45(25-27-47(39)54-49)56(41-15-3-1-4-16-41)43-23-19-35-11-7-9-13-37(35)31-43/h1-34H. The van der Waals surface area contributed by atoms with E-state index in [1.807, 2.05) is 109 Å². The average Bonchev–Trinajstić information content (AvgIpc) is 3.27. The molecule has 8 heteroatoms. The fourth-order valence-corrected chi connectivity index (χ4v) is 7.80. The van der Waals surface area contributed by atoms with Crippen molar-refractivity contribution in [1.82, 2.24) is 9.46 Å². The molecule has 0 amide bonds. The van der Waals surface area contributed by atoms with Gasteiger partial charge in [0.1, 0.15) is 5.49 Å². The number of halogens is 2. The molecule has 0 aliphatic rings. The van der Waals surface area contributed by atoms with Gasteiger partial charge < -0.3 is 14.3 Å². The number of benzene rings is 8. The van der Waals surface area contributed by atoms with E-state index in [4.69, 9.17) is 4.98 Å². The van der Waals surface area contributed by atoms with Crippen molar-refractivity contribution in [2.24, 2.45) is 4.99 Å². The zero-order valence-electron chi connectivity index (χ0n) is 31.2. The van der Waals surface area contributed by atoms with Crippen LogP contribution in [-0.4, -0.2) is 16.9 Å². The lowest BCUT2D eigenvalue weighted by Gasteiger charge is -2.26. The lowest BCUT2D eigenvalue weighted by molar-refractivity contribution is 0.627. The van der Waals surface area contributed by atoms with E-state index in [2.05, 4.69) is 93.7 Å². The maximum atomic E-state index is 15.0. The molecule has 2 heterocycles. The molecule has 0 unspecified atom stereocenters. The zero-order chi connectivity index (χ0) is 39.0. The van der Waals surface area contributed by atoms with E-state index in [1.54, 1.807) is 18.2 Å².